The van der Waals surface area contributed by atoms with Crippen molar-refractivity contribution in [3.05, 3.63) is 29.8 Å². The van der Waals surface area contributed by atoms with Crippen molar-refractivity contribution < 1.29 is 14.6 Å². The summed E-state index contributed by atoms with van der Waals surface area (Å²) in [6, 6.07) is 7.85. The van der Waals surface area contributed by atoms with E-state index in [4.69, 9.17) is 4.74 Å². The second-order valence-corrected chi connectivity index (χ2v) is 6.32. The molecule has 0 aromatic heterocycles. The number of carbonyl (C=O) groups excluding carboxylic acids is 1. The zero-order valence-corrected chi connectivity index (χ0v) is 12.3. The van der Waals surface area contributed by atoms with Crippen LogP contribution in [0.2, 0.25) is 0 Å². The Labute approximate surface area is 125 Å². The third-order valence-corrected chi connectivity index (χ3v) is 4.63. The first kappa shape index (κ1) is 14.4. The molecule has 21 heavy (non-hydrogen) atoms. The summed E-state index contributed by atoms with van der Waals surface area (Å²) in [5.41, 5.74) is 0.377. The highest BCUT2D eigenvalue weighted by molar-refractivity contribution is 5.79. The van der Waals surface area contributed by atoms with Crippen molar-refractivity contribution in [2.24, 2.45) is 5.92 Å². The second-order valence-electron chi connectivity index (χ2n) is 6.32. The average Bonchev–Trinajstić information content (AvgIpc) is 2.53. The first-order valence-electron chi connectivity index (χ1n) is 7.87. The summed E-state index contributed by atoms with van der Waals surface area (Å²) < 4.78 is 5.65. The maximum absolute atomic E-state index is 12.3. The lowest BCUT2D eigenvalue weighted by Crippen LogP contribution is -2.47. The van der Waals surface area contributed by atoms with Gasteiger partial charge in [-0.15, -0.1) is 0 Å². The summed E-state index contributed by atoms with van der Waals surface area (Å²) in [5.74, 6) is 0.711. The maximum atomic E-state index is 12.3. The van der Waals surface area contributed by atoms with Crippen LogP contribution in [0.15, 0.2) is 24.3 Å². The second kappa shape index (κ2) is 6.06. The van der Waals surface area contributed by atoms with E-state index in [0.717, 1.165) is 37.0 Å². The van der Waals surface area contributed by atoms with Crippen LogP contribution in [0.3, 0.4) is 0 Å². The Morgan fingerprint density at radius 3 is 2.86 bits per heavy atom. The fourth-order valence-corrected chi connectivity index (χ4v) is 3.28. The minimum absolute atomic E-state index is 0.0106. The summed E-state index contributed by atoms with van der Waals surface area (Å²) in [5, 5.41) is 13.4. The number of nitrogens with one attached hydrogen (secondary N) is 1. The van der Waals surface area contributed by atoms with Gasteiger partial charge >= 0.3 is 0 Å². The van der Waals surface area contributed by atoms with E-state index in [-0.39, 0.29) is 11.8 Å². The molecule has 1 fully saturated rings. The van der Waals surface area contributed by atoms with Crippen molar-refractivity contribution in [2.75, 3.05) is 13.2 Å². The van der Waals surface area contributed by atoms with Gasteiger partial charge in [-0.3, -0.25) is 4.79 Å². The van der Waals surface area contributed by atoms with E-state index in [0.29, 0.717) is 19.6 Å². The number of aliphatic hydroxyl groups is 1. The van der Waals surface area contributed by atoms with Crippen LogP contribution >= 0.6 is 0 Å². The Bertz CT molecular complexity index is 509. The Balaban J connectivity index is 1.55. The molecule has 1 amide bonds. The summed E-state index contributed by atoms with van der Waals surface area (Å²) in [4.78, 5) is 12.3. The van der Waals surface area contributed by atoms with Gasteiger partial charge in [-0.2, -0.15) is 0 Å². The Kier molecular flexibility index (Phi) is 4.15. The number of hydrogen-bond donors (Lipinski definition) is 2. The van der Waals surface area contributed by atoms with Crippen molar-refractivity contribution in [3.63, 3.8) is 0 Å². The molecule has 0 saturated heterocycles. The van der Waals surface area contributed by atoms with Crippen LogP contribution in [-0.2, 0) is 11.2 Å². The minimum Gasteiger partial charge on any atom is -0.492 e. The number of para-hydroxylation sites is 1. The normalized spacial score (nSPS) is 23.8. The van der Waals surface area contributed by atoms with Crippen molar-refractivity contribution in [1.82, 2.24) is 5.32 Å². The molecule has 1 atom stereocenters. The van der Waals surface area contributed by atoms with Crippen molar-refractivity contribution in [2.45, 2.75) is 44.1 Å². The van der Waals surface area contributed by atoms with Gasteiger partial charge in [0.1, 0.15) is 12.4 Å². The molecule has 1 heterocycles. The van der Waals surface area contributed by atoms with E-state index >= 15 is 0 Å². The van der Waals surface area contributed by atoms with Gasteiger partial charge in [0.15, 0.2) is 0 Å². The number of benzene rings is 1. The number of carbonyl (C=O) groups is 1. The summed E-state index contributed by atoms with van der Waals surface area (Å²) >= 11 is 0. The van der Waals surface area contributed by atoms with Crippen LogP contribution in [0.4, 0.5) is 0 Å². The first-order chi connectivity index (χ1) is 10.2. The zero-order chi connectivity index (χ0) is 14.7. The molecule has 0 radical (unpaired) electrons. The van der Waals surface area contributed by atoms with E-state index in [9.17, 15) is 9.90 Å². The zero-order valence-electron chi connectivity index (χ0n) is 12.3. The third kappa shape index (κ3) is 3.38. The summed E-state index contributed by atoms with van der Waals surface area (Å²) in [6.07, 6.45) is 5.57. The molecule has 2 aliphatic rings. The van der Waals surface area contributed by atoms with Crippen LogP contribution in [-0.4, -0.2) is 29.8 Å². The van der Waals surface area contributed by atoms with Gasteiger partial charge in [0.25, 0.3) is 0 Å². The molecule has 1 aliphatic carbocycles. The van der Waals surface area contributed by atoms with E-state index in [1.807, 2.05) is 24.3 Å². The van der Waals surface area contributed by atoms with Crippen LogP contribution in [0.5, 0.6) is 5.75 Å². The highest BCUT2D eigenvalue weighted by atomic mass is 16.5. The summed E-state index contributed by atoms with van der Waals surface area (Å²) in [7, 11) is 0. The van der Waals surface area contributed by atoms with E-state index in [1.165, 1.54) is 6.42 Å². The molecule has 1 unspecified atom stereocenters. The number of rotatable bonds is 3. The number of fused-ring (bicyclic) bond motifs is 1. The van der Waals surface area contributed by atoms with Crippen LogP contribution in [0, 0.1) is 5.92 Å². The topological polar surface area (TPSA) is 58.6 Å². The minimum atomic E-state index is -0.707. The quantitative estimate of drug-likeness (QED) is 0.895. The molecule has 3 rings (SSSR count). The average molecular weight is 289 g/mol. The van der Waals surface area contributed by atoms with Gasteiger partial charge in [0, 0.05) is 6.54 Å². The molecule has 114 valence electrons. The fraction of sp³-hybridized carbons (Fsp3) is 0.588. The lowest BCUT2D eigenvalue weighted by molar-refractivity contribution is -0.127. The van der Waals surface area contributed by atoms with E-state index in [1.54, 1.807) is 0 Å². The monoisotopic (exact) mass is 289 g/mol. The fourth-order valence-electron chi connectivity index (χ4n) is 3.28. The van der Waals surface area contributed by atoms with Crippen LogP contribution in [0.25, 0.3) is 0 Å². The van der Waals surface area contributed by atoms with Gasteiger partial charge in [-0.05, 0) is 30.9 Å². The predicted octanol–water partition coefficient (Wildman–Crippen LogP) is 2.05. The summed E-state index contributed by atoms with van der Waals surface area (Å²) in [6.45, 7) is 0.783. The van der Waals surface area contributed by atoms with Gasteiger partial charge in [0.2, 0.25) is 5.91 Å². The molecule has 2 N–H and O–H groups in total. The van der Waals surface area contributed by atoms with Gasteiger partial charge in [0.05, 0.1) is 11.5 Å². The van der Waals surface area contributed by atoms with Gasteiger partial charge in [-0.1, -0.05) is 37.5 Å². The standard InChI is InChI=1S/C17H23NO3/c19-16(18-12-17(20)8-4-1-5-9-17)14-10-13-6-2-3-7-15(13)21-11-14/h2-3,6-7,14,20H,1,4-5,8-12H2,(H,18,19). The highest BCUT2D eigenvalue weighted by Gasteiger charge is 2.31. The van der Waals surface area contributed by atoms with Crippen molar-refractivity contribution >= 4 is 5.91 Å². The van der Waals surface area contributed by atoms with Crippen LogP contribution in [0.1, 0.15) is 37.7 Å². The van der Waals surface area contributed by atoms with Crippen molar-refractivity contribution in [3.8, 4) is 5.75 Å². The van der Waals surface area contributed by atoms with Crippen molar-refractivity contribution in [1.29, 1.82) is 0 Å². The number of hydrogen-bond acceptors (Lipinski definition) is 3. The Hall–Kier alpha value is -1.55. The van der Waals surface area contributed by atoms with Gasteiger partial charge < -0.3 is 15.2 Å². The van der Waals surface area contributed by atoms with Gasteiger partial charge in [-0.25, -0.2) is 0 Å². The molecular weight excluding hydrogens is 266 g/mol. The molecule has 1 saturated carbocycles. The molecule has 1 aliphatic heterocycles. The lowest BCUT2D eigenvalue weighted by atomic mass is 9.84. The maximum Gasteiger partial charge on any atom is 0.226 e. The van der Waals surface area contributed by atoms with Crippen LogP contribution < -0.4 is 10.1 Å². The van der Waals surface area contributed by atoms with E-state index in [2.05, 4.69) is 5.32 Å². The SMILES string of the molecule is O=C(NCC1(O)CCCCC1)C1COc2ccccc2C1. The first-order valence-corrected chi connectivity index (χ1v) is 7.87. The molecule has 0 spiro atoms. The molecular formula is C17H23NO3. The smallest absolute Gasteiger partial charge is 0.226 e. The molecule has 1 aromatic carbocycles. The number of amides is 1. The Morgan fingerprint density at radius 1 is 1.29 bits per heavy atom. The predicted molar refractivity (Wildman–Crippen MR) is 80.2 cm³/mol. The Morgan fingerprint density at radius 2 is 2.05 bits per heavy atom. The lowest BCUT2D eigenvalue weighted by Gasteiger charge is -2.33. The molecule has 0 bridgehead atoms. The van der Waals surface area contributed by atoms with E-state index < -0.39 is 5.60 Å². The number of ether oxygens (including phenoxy) is 1. The molecule has 4 nitrogen and oxygen atoms in total. The molecule has 4 heteroatoms. The largest absolute Gasteiger partial charge is 0.492 e. The molecule has 1 aromatic rings. The third-order valence-electron chi connectivity index (χ3n) is 4.63. The highest BCUT2D eigenvalue weighted by Crippen LogP contribution is 2.29.